The van der Waals surface area contributed by atoms with Crippen molar-refractivity contribution in [3.8, 4) is 0 Å². The fourth-order valence-corrected chi connectivity index (χ4v) is 2.48. The maximum atomic E-state index is 11.8. The van der Waals surface area contributed by atoms with Crippen molar-refractivity contribution in [2.45, 2.75) is 30.5 Å². The van der Waals surface area contributed by atoms with E-state index in [-0.39, 0.29) is 11.7 Å². The van der Waals surface area contributed by atoms with E-state index in [1.807, 2.05) is 12.1 Å². The summed E-state index contributed by atoms with van der Waals surface area (Å²) < 4.78 is 5.48. The molecule has 0 unspecified atom stereocenters. The molecule has 7 heteroatoms. The smallest absolute Gasteiger partial charge is 0.277 e. The van der Waals surface area contributed by atoms with E-state index in [9.17, 15) is 4.79 Å². The monoisotopic (exact) mass is 323 g/mol. The molecule has 0 radical (unpaired) electrons. The van der Waals surface area contributed by atoms with Crippen LogP contribution in [0.4, 0.5) is 0 Å². The summed E-state index contributed by atoms with van der Waals surface area (Å²) in [5, 5.41) is 11.9. The van der Waals surface area contributed by atoms with Crippen molar-refractivity contribution in [3.05, 3.63) is 40.7 Å². The molecule has 1 N–H and O–H groups in total. The molecular formula is C14H14ClN3O2S. The van der Waals surface area contributed by atoms with Gasteiger partial charge in [0.1, 0.15) is 0 Å². The van der Waals surface area contributed by atoms with Crippen LogP contribution in [0.5, 0.6) is 0 Å². The maximum absolute atomic E-state index is 11.8. The number of hydrogen-bond acceptors (Lipinski definition) is 5. The highest BCUT2D eigenvalue weighted by atomic mass is 35.5. The molecule has 1 aromatic heterocycles. The third-order valence-corrected chi connectivity index (χ3v) is 4.15. The van der Waals surface area contributed by atoms with Gasteiger partial charge in [0.15, 0.2) is 0 Å². The zero-order valence-corrected chi connectivity index (χ0v) is 12.8. The average molecular weight is 324 g/mol. The van der Waals surface area contributed by atoms with Crippen LogP contribution in [-0.2, 0) is 11.3 Å². The van der Waals surface area contributed by atoms with Crippen molar-refractivity contribution in [1.29, 1.82) is 0 Å². The highest BCUT2D eigenvalue weighted by Crippen LogP contribution is 2.39. The summed E-state index contributed by atoms with van der Waals surface area (Å²) in [5.41, 5.74) is 1.01. The van der Waals surface area contributed by atoms with Gasteiger partial charge < -0.3 is 9.73 Å². The molecule has 1 aliphatic carbocycles. The van der Waals surface area contributed by atoms with Crippen molar-refractivity contribution in [1.82, 2.24) is 15.5 Å². The van der Waals surface area contributed by atoms with Crippen LogP contribution in [0, 0.1) is 0 Å². The summed E-state index contributed by atoms with van der Waals surface area (Å²) in [4.78, 5) is 11.8. The van der Waals surface area contributed by atoms with Crippen molar-refractivity contribution >= 4 is 29.3 Å². The van der Waals surface area contributed by atoms with E-state index < -0.39 is 0 Å². The minimum Gasteiger partial charge on any atom is -0.416 e. The van der Waals surface area contributed by atoms with Crippen LogP contribution in [0.25, 0.3) is 0 Å². The number of amides is 1. The Bertz CT molecular complexity index is 625. The summed E-state index contributed by atoms with van der Waals surface area (Å²) >= 11 is 7.07. The third-order valence-electron chi connectivity index (χ3n) is 3.08. The Morgan fingerprint density at radius 1 is 1.33 bits per heavy atom. The Labute approximate surface area is 131 Å². The van der Waals surface area contributed by atoms with Crippen LogP contribution < -0.4 is 5.32 Å². The van der Waals surface area contributed by atoms with E-state index in [0.717, 1.165) is 18.4 Å². The fourth-order valence-electron chi connectivity index (χ4n) is 1.76. The Morgan fingerprint density at radius 3 is 2.81 bits per heavy atom. The predicted octanol–water partition coefficient (Wildman–Crippen LogP) is 3.01. The van der Waals surface area contributed by atoms with E-state index in [2.05, 4.69) is 15.5 Å². The number of thioether (sulfide) groups is 1. The topological polar surface area (TPSA) is 68.0 Å². The van der Waals surface area contributed by atoms with E-state index in [1.165, 1.54) is 11.8 Å². The van der Waals surface area contributed by atoms with Crippen LogP contribution in [0.2, 0.25) is 5.02 Å². The third kappa shape index (κ3) is 4.22. The number of rotatable bonds is 6. The second-order valence-corrected chi connectivity index (χ2v) is 6.24. The van der Waals surface area contributed by atoms with Crippen LogP contribution in [0.15, 0.2) is 33.9 Å². The number of aromatic nitrogens is 2. The first-order valence-corrected chi connectivity index (χ1v) is 8.04. The summed E-state index contributed by atoms with van der Waals surface area (Å²) in [5.74, 6) is 1.32. The summed E-state index contributed by atoms with van der Waals surface area (Å²) in [7, 11) is 0. The lowest BCUT2D eigenvalue weighted by Gasteiger charge is -2.04. The number of benzene rings is 1. The lowest BCUT2D eigenvalue weighted by molar-refractivity contribution is -0.118. The van der Waals surface area contributed by atoms with Gasteiger partial charge >= 0.3 is 0 Å². The zero-order valence-electron chi connectivity index (χ0n) is 11.2. The lowest BCUT2D eigenvalue weighted by Crippen LogP contribution is -2.24. The molecule has 1 aliphatic rings. The quantitative estimate of drug-likeness (QED) is 0.828. The number of nitrogens with one attached hydrogen (secondary N) is 1. The summed E-state index contributed by atoms with van der Waals surface area (Å²) in [6, 6.07) is 7.37. The fraction of sp³-hybridized carbons (Fsp3) is 0.357. The first-order valence-electron chi connectivity index (χ1n) is 6.68. The molecule has 110 valence electrons. The Kier molecular flexibility index (Phi) is 4.45. The van der Waals surface area contributed by atoms with E-state index >= 15 is 0 Å². The highest BCUT2D eigenvalue weighted by Gasteiger charge is 2.29. The summed E-state index contributed by atoms with van der Waals surface area (Å²) in [6.45, 7) is 0.480. The van der Waals surface area contributed by atoms with Gasteiger partial charge in [-0.15, -0.1) is 10.2 Å². The van der Waals surface area contributed by atoms with E-state index in [4.69, 9.17) is 16.0 Å². The number of carbonyl (C=O) groups excluding carboxylic acids is 1. The average Bonchev–Trinajstić information content (AvgIpc) is 3.23. The molecule has 0 aliphatic heterocycles. The molecule has 1 amide bonds. The molecule has 1 fully saturated rings. The van der Waals surface area contributed by atoms with Gasteiger partial charge in [-0.05, 0) is 30.5 Å². The second-order valence-electron chi connectivity index (χ2n) is 4.87. The minimum absolute atomic E-state index is 0.0684. The number of hydrogen-bond donors (Lipinski definition) is 1. The largest absolute Gasteiger partial charge is 0.416 e. The standard InChI is InChI=1S/C14H14ClN3O2S/c15-11-5-1-9(2-6-11)7-16-12(19)8-21-14-18-17-13(20-14)10-3-4-10/h1-2,5-6,10H,3-4,7-8H2,(H,16,19). The molecule has 5 nitrogen and oxygen atoms in total. The SMILES string of the molecule is O=C(CSc1nnc(C2CC2)o1)NCc1ccc(Cl)cc1. The van der Waals surface area contributed by atoms with Crippen molar-refractivity contribution < 1.29 is 9.21 Å². The van der Waals surface area contributed by atoms with Crippen LogP contribution in [-0.4, -0.2) is 21.9 Å². The van der Waals surface area contributed by atoms with Gasteiger partial charge in [-0.2, -0.15) is 0 Å². The molecule has 1 heterocycles. The predicted molar refractivity (Wildman–Crippen MR) is 80.3 cm³/mol. The highest BCUT2D eigenvalue weighted by molar-refractivity contribution is 7.99. The molecule has 1 saturated carbocycles. The van der Waals surface area contributed by atoms with Gasteiger partial charge in [0.05, 0.1) is 5.75 Å². The first kappa shape index (κ1) is 14.4. The molecule has 1 aromatic carbocycles. The molecule has 0 atom stereocenters. The maximum Gasteiger partial charge on any atom is 0.277 e. The first-order chi connectivity index (χ1) is 10.2. The van der Waals surface area contributed by atoms with E-state index in [1.54, 1.807) is 12.1 Å². The van der Waals surface area contributed by atoms with Crippen molar-refractivity contribution in [3.63, 3.8) is 0 Å². The Balaban J connectivity index is 1.42. The molecule has 0 saturated heterocycles. The van der Waals surface area contributed by atoms with Gasteiger partial charge in [-0.25, -0.2) is 0 Å². The molecule has 21 heavy (non-hydrogen) atoms. The van der Waals surface area contributed by atoms with Gasteiger partial charge in [0, 0.05) is 17.5 Å². The van der Waals surface area contributed by atoms with E-state index in [0.29, 0.717) is 28.6 Å². The number of carbonyl (C=O) groups is 1. The number of nitrogens with zero attached hydrogens (tertiary/aromatic N) is 2. The van der Waals surface area contributed by atoms with Crippen molar-refractivity contribution in [2.24, 2.45) is 0 Å². The number of halogens is 1. The second kappa shape index (κ2) is 6.49. The van der Waals surface area contributed by atoms with Gasteiger partial charge in [0.2, 0.25) is 11.8 Å². The zero-order chi connectivity index (χ0) is 14.7. The van der Waals surface area contributed by atoms with Crippen LogP contribution in [0.3, 0.4) is 0 Å². The summed E-state index contributed by atoms with van der Waals surface area (Å²) in [6.07, 6.45) is 2.24. The molecular weight excluding hydrogens is 310 g/mol. The normalized spacial score (nSPS) is 14.1. The Hall–Kier alpha value is -1.53. The van der Waals surface area contributed by atoms with Crippen molar-refractivity contribution in [2.75, 3.05) is 5.75 Å². The molecule has 0 bridgehead atoms. The van der Waals surface area contributed by atoms with Gasteiger partial charge in [-0.3, -0.25) is 4.79 Å². The Morgan fingerprint density at radius 2 is 2.10 bits per heavy atom. The molecule has 0 spiro atoms. The van der Waals surface area contributed by atoms with Gasteiger partial charge in [-0.1, -0.05) is 35.5 Å². The lowest BCUT2D eigenvalue weighted by atomic mass is 10.2. The van der Waals surface area contributed by atoms with Crippen LogP contribution in [0.1, 0.15) is 30.2 Å². The molecule has 3 rings (SSSR count). The minimum atomic E-state index is -0.0684. The molecule has 2 aromatic rings. The van der Waals surface area contributed by atoms with Gasteiger partial charge in [0.25, 0.3) is 5.22 Å². The van der Waals surface area contributed by atoms with Crippen LogP contribution >= 0.6 is 23.4 Å².